The smallest absolute Gasteiger partial charge is 0.317 e. The first kappa shape index (κ1) is 20.3. The largest absolute Gasteiger partial charge is 0.466 e. The lowest BCUT2D eigenvalue weighted by atomic mass is 9.68. The van der Waals surface area contributed by atoms with Crippen molar-refractivity contribution in [3.05, 3.63) is 51.6 Å². The van der Waals surface area contributed by atoms with Crippen LogP contribution in [-0.2, 0) is 23.9 Å². The highest BCUT2D eigenvalue weighted by Gasteiger charge is 2.48. The van der Waals surface area contributed by atoms with Crippen molar-refractivity contribution in [2.24, 2.45) is 11.8 Å². The minimum atomic E-state index is -1.27. The molecule has 0 amide bonds. The van der Waals surface area contributed by atoms with Gasteiger partial charge in [0.05, 0.1) is 24.1 Å². The molecule has 1 aromatic rings. The number of benzene rings is 1. The van der Waals surface area contributed by atoms with Crippen molar-refractivity contribution in [1.82, 2.24) is 0 Å². The number of ether oxygens (including phenoxy) is 2. The summed E-state index contributed by atoms with van der Waals surface area (Å²) in [6, 6.07) is 5.59. The van der Waals surface area contributed by atoms with Crippen LogP contribution in [0, 0.1) is 22.0 Å². The van der Waals surface area contributed by atoms with E-state index < -0.39 is 40.4 Å². The van der Waals surface area contributed by atoms with E-state index in [4.69, 9.17) is 9.47 Å². The first-order valence-corrected chi connectivity index (χ1v) is 8.61. The van der Waals surface area contributed by atoms with Gasteiger partial charge in [-0.05, 0) is 32.4 Å². The molecule has 1 aliphatic rings. The van der Waals surface area contributed by atoms with Crippen LogP contribution in [0.3, 0.4) is 0 Å². The highest BCUT2D eigenvalue weighted by molar-refractivity contribution is 6.08. The van der Waals surface area contributed by atoms with Crippen LogP contribution in [0.2, 0.25) is 0 Å². The monoisotopic (exact) mass is 375 g/mol. The fourth-order valence-electron chi connectivity index (χ4n) is 3.35. The van der Waals surface area contributed by atoms with Crippen molar-refractivity contribution in [1.29, 1.82) is 0 Å². The second-order valence-electron chi connectivity index (χ2n) is 6.13. The number of hydrogen-bond donors (Lipinski definition) is 0. The SMILES string of the molecule is CCOC(=O)[C@H]1C(=O)C=C(C)[C@H](C(=O)OCC)[C@@H]1c1cccc([N+](=O)[O-])c1. The van der Waals surface area contributed by atoms with Gasteiger partial charge in [-0.3, -0.25) is 24.5 Å². The number of allylic oxidation sites excluding steroid dienone is 1. The summed E-state index contributed by atoms with van der Waals surface area (Å²) in [6.45, 7) is 5.05. The second kappa shape index (κ2) is 8.57. The Morgan fingerprint density at radius 2 is 1.70 bits per heavy atom. The van der Waals surface area contributed by atoms with Crippen molar-refractivity contribution < 1.29 is 28.8 Å². The van der Waals surface area contributed by atoms with E-state index in [1.54, 1.807) is 26.8 Å². The van der Waals surface area contributed by atoms with Gasteiger partial charge in [-0.1, -0.05) is 17.7 Å². The van der Waals surface area contributed by atoms with Crippen molar-refractivity contribution in [3.63, 3.8) is 0 Å². The zero-order valence-corrected chi connectivity index (χ0v) is 15.3. The number of non-ortho nitro benzene ring substituents is 1. The number of nitro benzene ring substituents is 1. The standard InChI is InChI=1S/C19H21NO7/c1-4-26-18(22)15-11(3)9-14(21)17(19(23)27-5-2)16(15)12-7-6-8-13(10-12)20(24)25/h6-10,15-17H,4-5H2,1-3H3/t15-,16-,17-/m0/s1. The van der Waals surface area contributed by atoms with E-state index in [1.165, 1.54) is 24.3 Å². The maximum atomic E-state index is 12.6. The van der Waals surface area contributed by atoms with E-state index >= 15 is 0 Å². The first-order chi connectivity index (χ1) is 12.8. The van der Waals surface area contributed by atoms with Gasteiger partial charge in [0, 0.05) is 18.1 Å². The molecule has 0 N–H and O–H groups in total. The molecule has 0 fully saturated rings. The molecule has 0 aromatic heterocycles. The molecule has 8 nitrogen and oxygen atoms in total. The number of hydrogen-bond acceptors (Lipinski definition) is 7. The molecule has 27 heavy (non-hydrogen) atoms. The van der Waals surface area contributed by atoms with Gasteiger partial charge in [-0.15, -0.1) is 0 Å². The highest BCUT2D eigenvalue weighted by atomic mass is 16.6. The molecular weight excluding hydrogens is 354 g/mol. The summed E-state index contributed by atoms with van der Waals surface area (Å²) in [7, 11) is 0. The van der Waals surface area contributed by atoms with E-state index in [-0.39, 0.29) is 18.9 Å². The van der Waals surface area contributed by atoms with Crippen LogP contribution in [-0.4, -0.2) is 35.9 Å². The second-order valence-corrected chi connectivity index (χ2v) is 6.13. The van der Waals surface area contributed by atoms with Crippen molar-refractivity contribution >= 4 is 23.4 Å². The molecule has 1 aliphatic carbocycles. The van der Waals surface area contributed by atoms with Gasteiger partial charge in [0.15, 0.2) is 5.78 Å². The fourth-order valence-corrected chi connectivity index (χ4v) is 3.35. The number of nitrogens with zero attached hydrogens (tertiary/aromatic N) is 1. The van der Waals surface area contributed by atoms with E-state index in [1.807, 2.05) is 0 Å². The average Bonchev–Trinajstić information content (AvgIpc) is 2.61. The molecular formula is C19H21NO7. The van der Waals surface area contributed by atoms with Crippen molar-refractivity contribution in [3.8, 4) is 0 Å². The molecule has 0 bridgehead atoms. The number of esters is 2. The van der Waals surface area contributed by atoms with Crippen LogP contribution in [0.25, 0.3) is 0 Å². The first-order valence-electron chi connectivity index (χ1n) is 8.61. The Balaban J connectivity index is 2.63. The molecule has 144 valence electrons. The van der Waals surface area contributed by atoms with E-state index in [0.29, 0.717) is 11.1 Å². The maximum Gasteiger partial charge on any atom is 0.317 e. The Hall–Kier alpha value is -3.03. The lowest BCUT2D eigenvalue weighted by Gasteiger charge is -2.34. The Labute approximate surface area is 156 Å². The summed E-state index contributed by atoms with van der Waals surface area (Å²) >= 11 is 0. The summed E-state index contributed by atoms with van der Waals surface area (Å²) < 4.78 is 10.2. The van der Waals surface area contributed by atoms with Crippen LogP contribution in [0.15, 0.2) is 35.9 Å². The Bertz CT molecular complexity index is 799. The highest BCUT2D eigenvalue weighted by Crippen LogP contribution is 2.42. The van der Waals surface area contributed by atoms with Gasteiger partial charge in [0.25, 0.3) is 5.69 Å². The fraction of sp³-hybridized carbons (Fsp3) is 0.421. The zero-order valence-electron chi connectivity index (χ0n) is 15.3. The van der Waals surface area contributed by atoms with Crippen LogP contribution >= 0.6 is 0 Å². The van der Waals surface area contributed by atoms with Gasteiger partial charge in [0.2, 0.25) is 0 Å². The minimum absolute atomic E-state index is 0.0665. The van der Waals surface area contributed by atoms with E-state index in [2.05, 4.69) is 0 Å². The van der Waals surface area contributed by atoms with E-state index in [0.717, 1.165) is 0 Å². The molecule has 0 spiro atoms. The maximum absolute atomic E-state index is 12.6. The predicted octanol–water partition coefficient (Wildman–Crippen LogP) is 2.57. The van der Waals surface area contributed by atoms with Crippen LogP contribution in [0.4, 0.5) is 5.69 Å². The van der Waals surface area contributed by atoms with Crippen molar-refractivity contribution in [2.45, 2.75) is 26.7 Å². The van der Waals surface area contributed by atoms with Gasteiger partial charge in [-0.25, -0.2) is 0 Å². The predicted molar refractivity (Wildman–Crippen MR) is 94.8 cm³/mol. The van der Waals surface area contributed by atoms with Gasteiger partial charge in [0.1, 0.15) is 5.92 Å². The summed E-state index contributed by atoms with van der Waals surface area (Å²) in [5.74, 6) is -4.99. The van der Waals surface area contributed by atoms with Gasteiger partial charge >= 0.3 is 11.9 Å². The van der Waals surface area contributed by atoms with Crippen LogP contribution in [0.1, 0.15) is 32.3 Å². The molecule has 0 radical (unpaired) electrons. The topological polar surface area (TPSA) is 113 Å². The molecule has 0 unspecified atom stereocenters. The summed E-state index contributed by atoms with van der Waals surface area (Å²) in [5, 5.41) is 11.1. The van der Waals surface area contributed by atoms with E-state index in [9.17, 15) is 24.5 Å². The molecule has 0 saturated carbocycles. The normalized spacial score (nSPS) is 22.0. The number of ketones is 1. The Morgan fingerprint density at radius 3 is 2.26 bits per heavy atom. The molecule has 0 saturated heterocycles. The Kier molecular flexibility index (Phi) is 6.44. The Morgan fingerprint density at radius 1 is 1.11 bits per heavy atom. The van der Waals surface area contributed by atoms with Crippen molar-refractivity contribution in [2.75, 3.05) is 13.2 Å². The lowest BCUT2D eigenvalue weighted by Crippen LogP contribution is -2.41. The zero-order chi connectivity index (χ0) is 20.1. The van der Waals surface area contributed by atoms with Gasteiger partial charge < -0.3 is 9.47 Å². The van der Waals surface area contributed by atoms with Crippen LogP contribution < -0.4 is 0 Å². The summed E-state index contributed by atoms with van der Waals surface area (Å²) in [4.78, 5) is 48.2. The molecule has 1 aromatic carbocycles. The lowest BCUT2D eigenvalue weighted by molar-refractivity contribution is -0.384. The number of carbonyl (C=O) groups excluding carboxylic acids is 3. The average molecular weight is 375 g/mol. The third-order valence-corrected chi connectivity index (χ3v) is 4.43. The number of nitro groups is 1. The third-order valence-electron chi connectivity index (χ3n) is 4.43. The molecule has 8 heteroatoms. The third kappa shape index (κ3) is 4.21. The molecule has 3 atom stereocenters. The van der Waals surface area contributed by atoms with Crippen LogP contribution in [0.5, 0.6) is 0 Å². The summed E-state index contributed by atoms with van der Waals surface area (Å²) in [6.07, 6.45) is 1.25. The molecule has 0 heterocycles. The molecule has 2 rings (SSSR count). The number of rotatable bonds is 6. The quantitative estimate of drug-likeness (QED) is 0.325. The molecule has 0 aliphatic heterocycles. The summed E-state index contributed by atoms with van der Waals surface area (Å²) in [5.41, 5.74) is 0.578. The minimum Gasteiger partial charge on any atom is -0.466 e. The van der Waals surface area contributed by atoms with Gasteiger partial charge in [-0.2, -0.15) is 0 Å². The number of carbonyl (C=O) groups is 3.